The summed E-state index contributed by atoms with van der Waals surface area (Å²) in [4.78, 5) is 13.1. The topological polar surface area (TPSA) is 76.9 Å². The highest BCUT2D eigenvalue weighted by Gasteiger charge is 2.15. The van der Waals surface area contributed by atoms with Crippen molar-refractivity contribution in [1.82, 2.24) is 4.72 Å². The Morgan fingerprint density at radius 1 is 1.00 bits per heavy atom. The Labute approximate surface area is 154 Å². The fourth-order valence-electron chi connectivity index (χ4n) is 2.43. The van der Waals surface area contributed by atoms with Gasteiger partial charge in [0.2, 0.25) is 10.0 Å². The molecule has 0 aliphatic carbocycles. The van der Waals surface area contributed by atoms with Crippen LogP contribution in [-0.2, 0) is 27.8 Å². The first-order chi connectivity index (χ1) is 12.3. The molecule has 26 heavy (non-hydrogen) atoms. The van der Waals surface area contributed by atoms with Crippen molar-refractivity contribution in [2.75, 3.05) is 20.7 Å². The van der Waals surface area contributed by atoms with Gasteiger partial charge in [0.15, 0.2) is 0 Å². The van der Waals surface area contributed by atoms with Crippen LogP contribution in [0.5, 0.6) is 0 Å². The van der Waals surface area contributed by atoms with Crippen LogP contribution in [-0.4, -0.2) is 35.1 Å². The Morgan fingerprint density at radius 2 is 1.58 bits per heavy atom. The van der Waals surface area contributed by atoms with Crippen molar-refractivity contribution in [2.45, 2.75) is 24.9 Å². The largest absolute Gasteiger partial charge is 0.462 e. The van der Waals surface area contributed by atoms with Crippen LogP contribution in [0.3, 0.4) is 0 Å². The number of carbonyl (C=O) groups is 1. The van der Waals surface area contributed by atoms with Crippen molar-refractivity contribution < 1.29 is 22.8 Å². The SMILES string of the molecule is CCOC(=O)c1ccc(S(=O)(=O)NCc2ccc(C[NH+](C)C)cc2)cc1. The van der Waals surface area contributed by atoms with Crippen LogP contribution in [0.1, 0.15) is 28.4 Å². The number of carbonyl (C=O) groups excluding carboxylic acids is 1. The lowest BCUT2D eigenvalue weighted by Gasteiger charge is -2.10. The molecule has 0 amide bonds. The highest BCUT2D eigenvalue weighted by molar-refractivity contribution is 7.89. The van der Waals surface area contributed by atoms with E-state index in [1.165, 1.54) is 34.7 Å². The number of hydrogen-bond donors (Lipinski definition) is 2. The summed E-state index contributed by atoms with van der Waals surface area (Å²) in [5, 5.41) is 0. The minimum Gasteiger partial charge on any atom is -0.462 e. The zero-order chi connectivity index (χ0) is 19.2. The second-order valence-corrected chi connectivity index (χ2v) is 8.04. The summed E-state index contributed by atoms with van der Waals surface area (Å²) in [6.45, 7) is 3.11. The second-order valence-electron chi connectivity index (χ2n) is 6.27. The molecule has 0 aromatic heterocycles. The van der Waals surface area contributed by atoms with Crippen LogP contribution < -0.4 is 9.62 Å². The number of benzene rings is 2. The molecule has 6 nitrogen and oxygen atoms in total. The summed E-state index contributed by atoms with van der Waals surface area (Å²) >= 11 is 0. The van der Waals surface area contributed by atoms with Crippen molar-refractivity contribution in [3.8, 4) is 0 Å². The third-order valence-corrected chi connectivity index (χ3v) is 5.14. The minimum absolute atomic E-state index is 0.110. The highest BCUT2D eigenvalue weighted by atomic mass is 32.2. The van der Waals surface area contributed by atoms with Gasteiger partial charge in [-0.15, -0.1) is 0 Å². The van der Waals surface area contributed by atoms with E-state index in [1.54, 1.807) is 6.92 Å². The summed E-state index contributed by atoms with van der Waals surface area (Å²) in [6, 6.07) is 13.6. The number of sulfonamides is 1. The molecule has 0 saturated heterocycles. The Bertz CT molecular complexity index is 829. The minimum atomic E-state index is -3.65. The molecule has 0 spiro atoms. The summed E-state index contributed by atoms with van der Waals surface area (Å²) < 4.78 is 32.3. The molecule has 0 fully saturated rings. The first-order valence-corrected chi connectivity index (χ1v) is 9.94. The molecule has 0 aliphatic rings. The Hall–Kier alpha value is -2.22. The molecule has 2 rings (SSSR count). The van der Waals surface area contributed by atoms with Gasteiger partial charge in [0.25, 0.3) is 0 Å². The van der Waals surface area contributed by atoms with E-state index in [9.17, 15) is 13.2 Å². The smallest absolute Gasteiger partial charge is 0.338 e. The first-order valence-electron chi connectivity index (χ1n) is 8.45. The molecule has 0 aliphatic heterocycles. The molecule has 2 aromatic carbocycles. The van der Waals surface area contributed by atoms with Gasteiger partial charge in [-0.2, -0.15) is 0 Å². The van der Waals surface area contributed by atoms with E-state index in [0.29, 0.717) is 5.56 Å². The maximum atomic E-state index is 12.4. The van der Waals surface area contributed by atoms with Gasteiger partial charge in [-0.25, -0.2) is 17.9 Å². The molecular weight excluding hydrogens is 352 g/mol. The molecule has 140 valence electrons. The van der Waals surface area contributed by atoms with Crippen LogP contribution in [0.15, 0.2) is 53.4 Å². The van der Waals surface area contributed by atoms with Crippen molar-refractivity contribution in [2.24, 2.45) is 0 Å². The van der Waals surface area contributed by atoms with Crippen molar-refractivity contribution in [3.63, 3.8) is 0 Å². The van der Waals surface area contributed by atoms with Gasteiger partial charge in [0.1, 0.15) is 6.54 Å². The standard InChI is InChI=1S/C19H24N2O4S/c1-4-25-19(22)17-9-11-18(12-10-17)26(23,24)20-13-15-5-7-16(8-6-15)14-21(2)3/h5-12,20H,4,13-14H2,1-3H3/p+1. The van der Waals surface area contributed by atoms with Gasteiger partial charge in [0, 0.05) is 12.1 Å². The lowest BCUT2D eigenvalue weighted by atomic mass is 10.1. The molecule has 0 bridgehead atoms. The number of ether oxygens (including phenoxy) is 1. The second kappa shape index (κ2) is 8.93. The lowest BCUT2D eigenvalue weighted by Crippen LogP contribution is -3.04. The average Bonchev–Trinajstić information content (AvgIpc) is 2.61. The van der Waals surface area contributed by atoms with E-state index in [1.807, 2.05) is 24.3 Å². The molecule has 2 N–H and O–H groups in total. The van der Waals surface area contributed by atoms with Crippen LogP contribution in [0.4, 0.5) is 0 Å². The number of rotatable bonds is 8. The monoisotopic (exact) mass is 377 g/mol. The van der Waals surface area contributed by atoms with Crippen LogP contribution in [0.2, 0.25) is 0 Å². The van der Waals surface area contributed by atoms with E-state index in [4.69, 9.17) is 4.74 Å². The lowest BCUT2D eigenvalue weighted by molar-refractivity contribution is -0.872. The van der Waals surface area contributed by atoms with E-state index < -0.39 is 16.0 Å². The van der Waals surface area contributed by atoms with Crippen molar-refractivity contribution in [3.05, 3.63) is 65.2 Å². The zero-order valence-electron chi connectivity index (χ0n) is 15.3. The Balaban J connectivity index is 2.01. The van der Waals surface area contributed by atoms with E-state index in [-0.39, 0.29) is 18.0 Å². The van der Waals surface area contributed by atoms with E-state index in [0.717, 1.165) is 12.1 Å². The predicted molar refractivity (Wildman–Crippen MR) is 99.4 cm³/mol. The number of hydrogen-bond acceptors (Lipinski definition) is 4. The molecule has 0 saturated carbocycles. The van der Waals surface area contributed by atoms with Gasteiger partial charge in [-0.1, -0.05) is 24.3 Å². The normalized spacial score (nSPS) is 11.5. The third kappa shape index (κ3) is 5.66. The molecule has 0 heterocycles. The maximum Gasteiger partial charge on any atom is 0.338 e. The highest BCUT2D eigenvalue weighted by Crippen LogP contribution is 2.12. The molecule has 7 heteroatoms. The average molecular weight is 377 g/mol. The first kappa shape index (κ1) is 20.1. The van der Waals surface area contributed by atoms with Gasteiger partial charge in [0.05, 0.1) is 31.2 Å². The molecule has 0 radical (unpaired) electrons. The maximum absolute atomic E-state index is 12.4. The van der Waals surface area contributed by atoms with Crippen LogP contribution in [0.25, 0.3) is 0 Å². The quantitative estimate of drug-likeness (QED) is 0.673. The van der Waals surface area contributed by atoms with Gasteiger partial charge in [-0.05, 0) is 36.8 Å². The molecule has 0 unspecified atom stereocenters. The van der Waals surface area contributed by atoms with Crippen LogP contribution >= 0.6 is 0 Å². The fraction of sp³-hybridized carbons (Fsp3) is 0.316. The Kier molecular flexibility index (Phi) is 6.90. The predicted octanol–water partition coefficient (Wildman–Crippen LogP) is 0.986. The zero-order valence-corrected chi connectivity index (χ0v) is 16.1. The summed E-state index contributed by atoms with van der Waals surface area (Å²) in [5.41, 5.74) is 2.41. The van der Waals surface area contributed by atoms with E-state index in [2.05, 4.69) is 18.8 Å². The molecule has 2 aromatic rings. The summed E-state index contributed by atoms with van der Waals surface area (Å²) in [7, 11) is 0.509. The summed E-state index contributed by atoms with van der Waals surface area (Å²) in [6.07, 6.45) is 0. The molecule has 0 atom stereocenters. The fourth-order valence-corrected chi connectivity index (χ4v) is 3.45. The Morgan fingerprint density at radius 3 is 2.12 bits per heavy atom. The van der Waals surface area contributed by atoms with Gasteiger partial charge < -0.3 is 9.64 Å². The van der Waals surface area contributed by atoms with Crippen molar-refractivity contribution >= 4 is 16.0 Å². The van der Waals surface area contributed by atoms with Gasteiger partial charge in [-0.3, -0.25) is 0 Å². The number of quaternary nitrogens is 1. The molecular formula is C19H25N2O4S+. The van der Waals surface area contributed by atoms with Gasteiger partial charge >= 0.3 is 5.97 Å². The number of nitrogens with one attached hydrogen (secondary N) is 2. The third-order valence-electron chi connectivity index (χ3n) is 3.72. The van der Waals surface area contributed by atoms with Crippen LogP contribution in [0, 0.1) is 0 Å². The number of esters is 1. The van der Waals surface area contributed by atoms with Crippen molar-refractivity contribution in [1.29, 1.82) is 0 Å². The van der Waals surface area contributed by atoms with E-state index >= 15 is 0 Å². The summed E-state index contributed by atoms with van der Waals surface area (Å²) in [5.74, 6) is -0.468.